The fraction of sp³-hybridized carbons (Fsp3) is 0.375. The molecular formula is C16H19NO4. The number of rotatable bonds is 2. The highest BCUT2D eigenvalue weighted by atomic mass is 16.6. The highest BCUT2D eigenvalue weighted by molar-refractivity contribution is 5.97. The van der Waals surface area contributed by atoms with Gasteiger partial charge < -0.3 is 15.2 Å². The van der Waals surface area contributed by atoms with Crippen LogP contribution >= 0.6 is 0 Å². The molecule has 0 aliphatic carbocycles. The van der Waals surface area contributed by atoms with Gasteiger partial charge >= 0.3 is 6.09 Å². The lowest BCUT2D eigenvalue weighted by Gasteiger charge is -2.18. The molecule has 1 aromatic rings. The van der Waals surface area contributed by atoms with Gasteiger partial charge in [0.05, 0.1) is 12.1 Å². The number of alkyl carbamates (subject to hydrolysis) is 1. The standard InChI is InChI=1S/C16H19NO4/c1-11(18)13-10-12(7-8-14(13)19)6-5-9-17-15(20)21-16(2,3)4/h7-8,10,19H,9H2,1-4H3,(H,17,20). The van der Waals surface area contributed by atoms with Crippen LogP contribution in [0.15, 0.2) is 18.2 Å². The second-order valence-corrected chi connectivity index (χ2v) is 5.45. The maximum Gasteiger partial charge on any atom is 0.408 e. The van der Waals surface area contributed by atoms with Crippen molar-refractivity contribution in [3.8, 4) is 17.6 Å². The van der Waals surface area contributed by atoms with E-state index in [2.05, 4.69) is 17.2 Å². The molecule has 0 aliphatic rings. The SMILES string of the molecule is CC(=O)c1cc(C#CCNC(=O)OC(C)(C)C)ccc1O. The summed E-state index contributed by atoms with van der Waals surface area (Å²) in [7, 11) is 0. The number of phenols is 1. The molecule has 0 aromatic heterocycles. The number of carbonyl (C=O) groups is 2. The second-order valence-electron chi connectivity index (χ2n) is 5.45. The van der Waals surface area contributed by atoms with E-state index < -0.39 is 11.7 Å². The number of carbonyl (C=O) groups excluding carboxylic acids is 2. The molecule has 0 radical (unpaired) electrons. The van der Waals surface area contributed by atoms with Gasteiger partial charge in [0, 0.05) is 5.56 Å². The molecule has 0 bridgehead atoms. The van der Waals surface area contributed by atoms with Crippen LogP contribution in [0.5, 0.6) is 5.75 Å². The van der Waals surface area contributed by atoms with Gasteiger partial charge in [0.25, 0.3) is 0 Å². The lowest BCUT2D eigenvalue weighted by Crippen LogP contribution is -2.32. The Morgan fingerprint density at radius 2 is 2.00 bits per heavy atom. The first-order chi connectivity index (χ1) is 9.69. The van der Waals surface area contributed by atoms with Crippen LogP contribution in [0.1, 0.15) is 43.6 Å². The molecule has 0 spiro atoms. The number of aromatic hydroxyl groups is 1. The molecule has 0 saturated carbocycles. The highest BCUT2D eigenvalue weighted by Crippen LogP contribution is 2.18. The van der Waals surface area contributed by atoms with Crippen LogP contribution in [0.2, 0.25) is 0 Å². The van der Waals surface area contributed by atoms with Crippen molar-refractivity contribution in [2.24, 2.45) is 0 Å². The molecule has 5 nitrogen and oxygen atoms in total. The lowest BCUT2D eigenvalue weighted by molar-refractivity contribution is 0.0535. The number of hydrogen-bond donors (Lipinski definition) is 2. The molecule has 1 amide bonds. The molecule has 112 valence electrons. The van der Waals surface area contributed by atoms with E-state index >= 15 is 0 Å². The summed E-state index contributed by atoms with van der Waals surface area (Å²) in [4.78, 5) is 22.7. The number of phenolic OH excluding ortho intramolecular Hbond substituents is 1. The average molecular weight is 289 g/mol. The van der Waals surface area contributed by atoms with E-state index in [0.717, 1.165) is 0 Å². The van der Waals surface area contributed by atoms with Crippen LogP contribution in [0, 0.1) is 11.8 Å². The molecule has 21 heavy (non-hydrogen) atoms. The molecule has 0 unspecified atom stereocenters. The van der Waals surface area contributed by atoms with Crippen molar-refractivity contribution < 1.29 is 19.4 Å². The van der Waals surface area contributed by atoms with Gasteiger partial charge in [-0.05, 0) is 45.9 Å². The van der Waals surface area contributed by atoms with Crippen LogP contribution in [-0.4, -0.2) is 29.1 Å². The number of benzene rings is 1. The van der Waals surface area contributed by atoms with Crippen molar-refractivity contribution in [2.75, 3.05) is 6.54 Å². The van der Waals surface area contributed by atoms with Gasteiger partial charge in [-0.25, -0.2) is 4.79 Å². The Morgan fingerprint density at radius 3 is 2.57 bits per heavy atom. The van der Waals surface area contributed by atoms with Gasteiger partial charge in [-0.1, -0.05) is 11.8 Å². The predicted octanol–water partition coefficient (Wildman–Crippen LogP) is 2.47. The summed E-state index contributed by atoms with van der Waals surface area (Å²) in [5.41, 5.74) is 0.260. The van der Waals surface area contributed by atoms with Crippen LogP contribution in [-0.2, 0) is 4.74 Å². The van der Waals surface area contributed by atoms with Gasteiger partial charge in [0.15, 0.2) is 5.78 Å². The van der Waals surface area contributed by atoms with Gasteiger partial charge in [-0.2, -0.15) is 0 Å². The van der Waals surface area contributed by atoms with Crippen molar-refractivity contribution in [2.45, 2.75) is 33.3 Å². The molecule has 2 N–H and O–H groups in total. The van der Waals surface area contributed by atoms with Crippen molar-refractivity contribution >= 4 is 11.9 Å². The number of amides is 1. The van der Waals surface area contributed by atoms with Crippen molar-refractivity contribution in [3.63, 3.8) is 0 Å². The van der Waals surface area contributed by atoms with Crippen molar-refractivity contribution in [1.82, 2.24) is 5.32 Å². The molecule has 1 rings (SSSR count). The zero-order valence-corrected chi connectivity index (χ0v) is 12.6. The van der Waals surface area contributed by atoms with Crippen LogP contribution in [0.25, 0.3) is 0 Å². The number of Topliss-reactive ketones (excluding diaryl/α,β-unsaturated/α-hetero) is 1. The summed E-state index contributed by atoms with van der Waals surface area (Å²) in [6.45, 7) is 6.83. The Balaban J connectivity index is 2.62. The van der Waals surface area contributed by atoms with Crippen molar-refractivity contribution in [3.05, 3.63) is 29.3 Å². The Bertz CT molecular complexity index is 603. The van der Waals surface area contributed by atoms with E-state index in [0.29, 0.717) is 5.56 Å². The normalized spacial score (nSPS) is 10.3. The fourth-order valence-corrected chi connectivity index (χ4v) is 1.47. The summed E-state index contributed by atoms with van der Waals surface area (Å²) < 4.78 is 5.06. The summed E-state index contributed by atoms with van der Waals surface area (Å²) >= 11 is 0. The van der Waals surface area contributed by atoms with Gasteiger partial charge in [0.2, 0.25) is 0 Å². The molecule has 0 aliphatic heterocycles. The third-order valence-corrected chi connectivity index (χ3v) is 2.33. The fourth-order valence-electron chi connectivity index (χ4n) is 1.47. The van der Waals surface area contributed by atoms with Gasteiger partial charge in [-0.3, -0.25) is 4.79 Å². The molecule has 0 heterocycles. The predicted molar refractivity (Wildman–Crippen MR) is 79.2 cm³/mol. The minimum atomic E-state index is -0.551. The largest absolute Gasteiger partial charge is 0.507 e. The number of ether oxygens (including phenoxy) is 1. The first-order valence-electron chi connectivity index (χ1n) is 6.49. The smallest absolute Gasteiger partial charge is 0.408 e. The summed E-state index contributed by atoms with van der Waals surface area (Å²) in [6, 6.07) is 4.53. The highest BCUT2D eigenvalue weighted by Gasteiger charge is 2.15. The quantitative estimate of drug-likeness (QED) is 0.648. The zero-order chi connectivity index (χ0) is 16.0. The van der Waals surface area contributed by atoms with E-state index in [-0.39, 0.29) is 23.6 Å². The summed E-state index contributed by atoms with van der Waals surface area (Å²) in [5.74, 6) is 5.25. The Labute approximate surface area is 124 Å². The Kier molecular flexibility index (Phi) is 5.37. The topological polar surface area (TPSA) is 75.6 Å². The van der Waals surface area contributed by atoms with E-state index in [1.165, 1.54) is 19.1 Å². The Hall–Kier alpha value is -2.48. The lowest BCUT2D eigenvalue weighted by atomic mass is 10.1. The van der Waals surface area contributed by atoms with E-state index in [1.54, 1.807) is 26.8 Å². The molecule has 5 heteroatoms. The first kappa shape index (κ1) is 16.6. The summed E-state index contributed by atoms with van der Waals surface area (Å²) in [5, 5.41) is 12.0. The third-order valence-electron chi connectivity index (χ3n) is 2.33. The van der Waals surface area contributed by atoms with E-state index in [4.69, 9.17) is 4.74 Å². The molecule has 0 saturated heterocycles. The first-order valence-corrected chi connectivity index (χ1v) is 6.49. The monoisotopic (exact) mass is 289 g/mol. The van der Waals surface area contributed by atoms with E-state index in [1.807, 2.05) is 0 Å². The van der Waals surface area contributed by atoms with E-state index in [9.17, 15) is 14.7 Å². The third kappa shape index (κ3) is 6.00. The van der Waals surface area contributed by atoms with Crippen LogP contribution in [0.4, 0.5) is 4.79 Å². The van der Waals surface area contributed by atoms with Gasteiger partial charge in [0.1, 0.15) is 11.4 Å². The summed E-state index contributed by atoms with van der Waals surface area (Å²) in [6.07, 6.45) is -0.535. The number of ketones is 1. The maximum atomic E-state index is 11.4. The van der Waals surface area contributed by atoms with Crippen LogP contribution < -0.4 is 5.32 Å². The number of hydrogen-bond acceptors (Lipinski definition) is 4. The van der Waals surface area contributed by atoms with Crippen molar-refractivity contribution in [1.29, 1.82) is 0 Å². The maximum absolute atomic E-state index is 11.4. The molecule has 1 aromatic carbocycles. The minimum Gasteiger partial charge on any atom is -0.507 e. The molecular weight excluding hydrogens is 270 g/mol. The minimum absolute atomic E-state index is 0.0695. The average Bonchev–Trinajstić information content (AvgIpc) is 2.34. The van der Waals surface area contributed by atoms with Crippen LogP contribution in [0.3, 0.4) is 0 Å². The zero-order valence-electron chi connectivity index (χ0n) is 12.6. The molecule has 0 fully saturated rings. The molecule has 0 atom stereocenters. The number of nitrogens with one attached hydrogen (secondary N) is 1. The second kappa shape index (κ2) is 6.80. The van der Waals surface area contributed by atoms with Gasteiger partial charge in [-0.15, -0.1) is 0 Å². The Morgan fingerprint density at radius 1 is 1.33 bits per heavy atom.